The monoisotopic (exact) mass is 150 g/mol. The molecule has 1 aromatic carbocycles. The predicted octanol–water partition coefficient (Wildman–Crippen LogP) is 1.72. The van der Waals surface area contributed by atoms with Crippen molar-refractivity contribution in [2.75, 3.05) is 11.5 Å². The lowest BCUT2D eigenvalue weighted by molar-refractivity contribution is 1.11. The van der Waals surface area contributed by atoms with E-state index in [1.165, 1.54) is 5.56 Å². The SMILES string of the molecule is CCc1cc(N)cc(N)c1C. The first kappa shape index (κ1) is 7.92. The Kier molecular flexibility index (Phi) is 2.03. The summed E-state index contributed by atoms with van der Waals surface area (Å²) in [7, 11) is 0. The van der Waals surface area contributed by atoms with Gasteiger partial charge in [-0.25, -0.2) is 0 Å². The van der Waals surface area contributed by atoms with Crippen molar-refractivity contribution in [3.63, 3.8) is 0 Å². The van der Waals surface area contributed by atoms with Gasteiger partial charge in [0.05, 0.1) is 0 Å². The Bertz CT molecular complexity index is 267. The van der Waals surface area contributed by atoms with Gasteiger partial charge in [-0.1, -0.05) is 6.92 Å². The molecule has 0 aromatic heterocycles. The van der Waals surface area contributed by atoms with Crippen LogP contribution in [-0.2, 0) is 6.42 Å². The van der Waals surface area contributed by atoms with Gasteiger partial charge in [0.25, 0.3) is 0 Å². The summed E-state index contributed by atoms with van der Waals surface area (Å²) in [6.45, 7) is 4.12. The first-order valence-electron chi connectivity index (χ1n) is 3.79. The highest BCUT2D eigenvalue weighted by Crippen LogP contribution is 2.20. The van der Waals surface area contributed by atoms with Crippen LogP contribution in [0.25, 0.3) is 0 Å². The van der Waals surface area contributed by atoms with Crippen molar-refractivity contribution in [3.8, 4) is 0 Å². The number of hydrogen-bond donors (Lipinski definition) is 2. The summed E-state index contributed by atoms with van der Waals surface area (Å²) in [5.74, 6) is 0. The molecule has 0 fully saturated rings. The third kappa shape index (κ3) is 1.45. The lowest BCUT2D eigenvalue weighted by atomic mass is 10.0. The van der Waals surface area contributed by atoms with Crippen molar-refractivity contribution in [1.82, 2.24) is 0 Å². The standard InChI is InChI=1S/C9H14N2/c1-3-7-4-8(10)5-9(11)6(7)2/h4-5H,3,10-11H2,1-2H3. The highest BCUT2D eigenvalue weighted by Gasteiger charge is 2.00. The Hall–Kier alpha value is -1.18. The molecule has 4 N–H and O–H groups in total. The molecule has 0 amide bonds. The van der Waals surface area contributed by atoms with Gasteiger partial charge in [-0.2, -0.15) is 0 Å². The Morgan fingerprint density at radius 3 is 2.45 bits per heavy atom. The Balaban J connectivity index is 3.24. The molecule has 0 spiro atoms. The van der Waals surface area contributed by atoms with Gasteiger partial charge in [-0.05, 0) is 36.6 Å². The number of nitrogens with two attached hydrogens (primary N) is 2. The summed E-state index contributed by atoms with van der Waals surface area (Å²) in [5.41, 5.74) is 15.3. The number of rotatable bonds is 1. The molecule has 2 heteroatoms. The molecule has 0 unspecified atom stereocenters. The zero-order valence-electron chi connectivity index (χ0n) is 7.02. The van der Waals surface area contributed by atoms with Crippen LogP contribution in [0.1, 0.15) is 18.1 Å². The van der Waals surface area contributed by atoms with Crippen LogP contribution in [0.5, 0.6) is 0 Å². The van der Waals surface area contributed by atoms with E-state index in [0.29, 0.717) is 0 Å². The zero-order valence-corrected chi connectivity index (χ0v) is 7.02. The fourth-order valence-electron chi connectivity index (χ4n) is 1.19. The van der Waals surface area contributed by atoms with Crippen LogP contribution >= 0.6 is 0 Å². The van der Waals surface area contributed by atoms with E-state index in [9.17, 15) is 0 Å². The molecule has 0 aliphatic rings. The maximum Gasteiger partial charge on any atom is 0.0367 e. The van der Waals surface area contributed by atoms with Gasteiger partial charge in [-0.3, -0.25) is 0 Å². The lowest BCUT2D eigenvalue weighted by Gasteiger charge is -2.07. The van der Waals surface area contributed by atoms with E-state index in [4.69, 9.17) is 11.5 Å². The highest BCUT2D eigenvalue weighted by molar-refractivity contribution is 5.59. The van der Waals surface area contributed by atoms with Gasteiger partial charge in [-0.15, -0.1) is 0 Å². The predicted molar refractivity (Wildman–Crippen MR) is 49.4 cm³/mol. The summed E-state index contributed by atoms with van der Waals surface area (Å²) < 4.78 is 0. The van der Waals surface area contributed by atoms with Gasteiger partial charge in [0, 0.05) is 11.4 Å². The fraction of sp³-hybridized carbons (Fsp3) is 0.333. The van der Waals surface area contributed by atoms with Crippen LogP contribution < -0.4 is 11.5 Å². The second-order valence-electron chi connectivity index (χ2n) is 2.75. The Labute approximate surface area is 67.2 Å². The third-order valence-corrected chi connectivity index (χ3v) is 1.96. The normalized spacial score (nSPS) is 10.0. The molecule has 60 valence electrons. The lowest BCUT2D eigenvalue weighted by Crippen LogP contribution is -1.97. The van der Waals surface area contributed by atoms with Crippen LogP contribution in [-0.4, -0.2) is 0 Å². The van der Waals surface area contributed by atoms with E-state index >= 15 is 0 Å². The molecular weight excluding hydrogens is 136 g/mol. The zero-order chi connectivity index (χ0) is 8.43. The van der Waals surface area contributed by atoms with Gasteiger partial charge in [0.1, 0.15) is 0 Å². The van der Waals surface area contributed by atoms with E-state index in [-0.39, 0.29) is 0 Å². The quantitative estimate of drug-likeness (QED) is 0.599. The van der Waals surface area contributed by atoms with E-state index in [1.807, 2.05) is 13.0 Å². The molecule has 0 radical (unpaired) electrons. The smallest absolute Gasteiger partial charge is 0.0367 e. The third-order valence-electron chi connectivity index (χ3n) is 1.96. The van der Waals surface area contributed by atoms with E-state index in [1.54, 1.807) is 6.07 Å². The number of benzene rings is 1. The van der Waals surface area contributed by atoms with Crippen molar-refractivity contribution < 1.29 is 0 Å². The molecule has 0 aliphatic carbocycles. The van der Waals surface area contributed by atoms with Gasteiger partial charge in [0.15, 0.2) is 0 Å². The highest BCUT2D eigenvalue weighted by atomic mass is 14.6. The molecule has 0 heterocycles. The average molecular weight is 150 g/mol. The summed E-state index contributed by atoms with van der Waals surface area (Å²) >= 11 is 0. The molecule has 0 saturated carbocycles. The molecule has 0 aliphatic heterocycles. The minimum atomic E-state index is 0.755. The molecular formula is C9H14N2. The van der Waals surface area contributed by atoms with E-state index < -0.39 is 0 Å². The van der Waals surface area contributed by atoms with Gasteiger partial charge < -0.3 is 11.5 Å². The first-order chi connectivity index (χ1) is 5.15. The van der Waals surface area contributed by atoms with E-state index in [2.05, 4.69) is 6.92 Å². The first-order valence-corrected chi connectivity index (χ1v) is 3.79. The molecule has 0 atom stereocenters. The average Bonchev–Trinajstić information content (AvgIpc) is 1.96. The number of nitrogen functional groups attached to an aromatic ring is 2. The second-order valence-corrected chi connectivity index (χ2v) is 2.75. The van der Waals surface area contributed by atoms with Crippen LogP contribution in [0, 0.1) is 6.92 Å². The summed E-state index contributed by atoms with van der Waals surface area (Å²) in [4.78, 5) is 0. The van der Waals surface area contributed by atoms with Crippen molar-refractivity contribution >= 4 is 11.4 Å². The van der Waals surface area contributed by atoms with Crippen LogP contribution in [0.2, 0.25) is 0 Å². The molecule has 11 heavy (non-hydrogen) atoms. The topological polar surface area (TPSA) is 52.0 Å². The minimum Gasteiger partial charge on any atom is -0.399 e. The number of anilines is 2. The molecule has 1 aromatic rings. The summed E-state index contributed by atoms with van der Waals surface area (Å²) in [6, 6.07) is 3.78. The Morgan fingerprint density at radius 2 is 1.91 bits per heavy atom. The van der Waals surface area contributed by atoms with Crippen molar-refractivity contribution in [1.29, 1.82) is 0 Å². The molecule has 1 rings (SSSR count). The van der Waals surface area contributed by atoms with Crippen LogP contribution in [0.15, 0.2) is 12.1 Å². The maximum absolute atomic E-state index is 5.72. The molecule has 0 bridgehead atoms. The number of hydrogen-bond acceptors (Lipinski definition) is 2. The Morgan fingerprint density at radius 1 is 1.27 bits per heavy atom. The van der Waals surface area contributed by atoms with Crippen LogP contribution in [0.4, 0.5) is 11.4 Å². The second kappa shape index (κ2) is 2.82. The van der Waals surface area contributed by atoms with Gasteiger partial charge >= 0.3 is 0 Å². The van der Waals surface area contributed by atoms with Crippen molar-refractivity contribution in [2.45, 2.75) is 20.3 Å². The van der Waals surface area contributed by atoms with Gasteiger partial charge in [0.2, 0.25) is 0 Å². The van der Waals surface area contributed by atoms with E-state index in [0.717, 1.165) is 23.4 Å². The van der Waals surface area contributed by atoms with Crippen molar-refractivity contribution in [3.05, 3.63) is 23.3 Å². The van der Waals surface area contributed by atoms with Crippen molar-refractivity contribution in [2.24, 2.45) is 0 Å². The fourth-order valence-corrected chi connectivity index (χ4v) is 1.19. The minimum absolute atomic E-state index is 0.755. The summed E-state index contributed by atoms with van der Waals surface area (Å²) in [6.07, 6.45) is 0.987. The van der Waals surface area contributed by atoms with Crippen LogP contribution in [0.3, 0.4) is 0 Å². The number of aryl methyl sites for hydroxylation is 1. The maximum atomic E-state index is 5.72. The summed E-state index contributed by atoms with van der Waals surface area (Å²) in [5, 5.41) is 0. The molecule has 2 nitrogen and oxygen atoms in total. The molecule has 0 saturated heterocycles. The largest absolute Gasteiger partial charge is 0.399 e.